The Hall–Kier alpha value is -1.28. The van der Waals surface area contributed by atoms with Crippen LogP contribution in [0, 0.1) is 11.3 Å². The molecule has 2 heteroatoms. The minimum absolute atomic E-state index is 0.535. The van der Waals surface area contributed by atoms with E-state index in [4.69, 9.17) is 4.42 Å². The minimum atomic E-state index is 0.535. The summed E-state index contributed by atoms with van der Waals surface area (Å²) in [6.45, 7) is 6.76. The summed E-state index contributed by atoms with van der Waals surface area (Å²) in [4.78, 5) is 0. The van der Waals surface area contributed by atoms with Gasteiger partial charge in [-0.15, -0.1) is 0 Å². The molecule has 2 aromatic rings. The van der Waals surface area contributed by atoms with Crippen molar-refractivity contribution in [1.82, 2.24) is 5.32 Å². The van der Waals surface area contributed by atoms with Crippen LogP contribution in [0.4, 0.5) is 0 Å². The number of furan rings is 1. The molecular formula is C19H27NO. The van der Waals surface area contributed by atoms with Gasteiger partial charge in [0.2, 0.25) is 0 Å². The van der Waals surface area contributed by atoms with Crippen LogP contribution in [0.1, 0.15) is 51.5 Å². The highest BCUT2D eigenvalue weighted by atomic mass is 16.3. The van der Waals surface area contributed by atoms with E-state index in [0.29, 0.717) is 5.41 Å². The Morgan fingerprint density at radius 2 is 1.95 bits per heavy atom. The van der Waals surface area contributed by atoms with E-state index >= 15 is 0 Å². The topological polar surface area (TPSA) is 25.2 Å². The Labute approximate surface area is 127 Å². The molecular weight excluding hydrogens is 258 g/mol. The number of hydrogen-bond donors (Lipinski definition) is 1. The van der Waals surface area contributed by atoms with Crippen molar-refractivity contribution in [2.24, 2.45) is 11.3 Å². The molecule has 1 fully saturated rings. The molecule has 1 aliphatic carbocycles. The Morgan fingerprint density at radius 3 is 2.71 bits per heavy atom. The number of hydrogen-bond acceptors (Lipinski definition) is 2. The zero-order valence-electron chi connectivity index (χ0n) is 13.3. The van der Waals surface area contributed by atoms with Gasteiger partial charge in [0, 0.05) is 24.0 Å². The van der Waals surface area contributed by atoms with E-state index in [-0.39, 0.29) is 0 Å². The van der Waals surface area contributed by atoms with Gasteiger partial charge >= 0.3 is 0 Å². The second-order valence-electron chi connectivity index (χ2n) is 7.17. The molecule has 0 atom stereocenters. The first kappa shape index (κ1) is 14.6. The average Bonchev–Trinajstić information content (AvgIpc) is 3.06. The second kappa shape index (κ2) is 6.23. The molecule has 0 radical (unpaired) electrons. The molecule has 0 amide bonds. The molecule has 0 spiro atoms. The SMILES string of the molecule is CC(C)CC1(CNCc2coc3ccccc23)CCCC1. The van der Waals surface area contributed by atoms with Gasteiger partial charge in [-0.05, 0) is 36.7 Å². The predicted octanol–water partition coefficient (Wildman–Crippen LogP) is 5.13. The number of para-hydroxylation sites is 1. The third kappa shape index (κ3) is 3.32. The summed E-state index contributed by atoms with van der Waals surface area (Å²) in [5.74, 6) is 0.791. The van der Waals surface area contributed by atoms with Gasteiger partial charge < -0.3 is 9.73 Å². The standard InChI is InChI=1S/C19H27NO/c1-15(2)11-19(9-5-6-10-19)14-20-12-16-13-21-18-8-4-3-7-17(16)18/h3-4,7-8,13,15,20H,5-6,9-12,14H2,1-2H3. The second-order valence-corrected chi connectivity index (χ2v) is 7.17. The van der Waals surface area contributed by atoms with Gasteiger partial charge in [0.25, 0.3) is 0 Å². The van der Waals surface area contributed by atoms with Crippen molar-refractivity contribution in [3.63, 3.8) is 0 Å². The molecule has 0 unspecified atom stereocenters. The lowest BCUT2D eigenvalue weighted by Crippen LogP contribution is -2.33. The Kier molecular flexibility index (Phi) is 4.34. The fourth-order valence-corrected chi connectivity index (χ4v) is 4.08. The molecule has 1 saturated carbocycles. The summed E-state index contributed by atoms with van der Waals surface area (Å²) in [6.07, 6.45) is 8.86. The van der Waals surface area contributed by atoms with Crippen molar-refractivity contribution in [2.45, 2.75) is 52.5 Å². The van der Waals surface area contributed by atoms with E-state index in [2.05, 4.69) is 31.3 Å². The first-order valence-corrected chi connectivity index (χ1v) is 8.34. The maximum atomic E-state index is 5.62. The summed E-state index contributed by atoms with van der Waals surface area (Å²) in [6, 6.07) is 8.29. The number of benzene rings is 1. The number of fused-ring (bicyclic) bond motifs is 1. The minimum Gasteiger partial charge on any atom is -0.464 e. The van der Waals surface area contributed by atoms with E-state index < -0.39 is 0 Å². The fraction of sp³-hybridized carbons (Fsp3) is 0.579. The van der Waals surface area contributed by atoms with Crippen LogP contribution in [0.5, 0.6) is 0 Å². The van der Waals surface area contributed by atoms with Crippen LogP contribution in [-0.2, 0) is 6.54 Å². The van der Waals surface area contributed by atoms with E-state index in [9.17, 15) is 0 Å². The molecule has 1 aliphatic rings. The summed E-state index contributed by atoms with van der Waals surface area (Å²) in [7, 11) is 0. The van der Waals surface area contributed by atoms with E-state index in [1.807, 2.05) is 18.4 Å². The smallest absolute Gasteiger partial charge is 0.134 e. The lowest BCUT2D eigenvalue weighted by Gasteiger charge is -2.31. The molecule has 0 bridgehead atoms. The predicted molar refractivity (Wildman–Crippen MR) is 88.3 cm³/mol. The van der Waals surface area contributed by atoms with Gasteiger partial charge in [-0.1, -0.05) is 44.9 Å². The Morgan fingerprint density at radius 1 is 1.19 bits per heavy atom. The van der Waals surface area contributed by atoms with Crippen molar-refractivity contribution in [3.05, 3.63) is 36.1 Å². The van der Waals surface area contributed by atoms with E-state index in [1.165, 1.54) is 43.1 Å². The number of rotatable bonds is 6. The summed E-state index contributed by atoms with van der Waals surface area (Å²) in [5.41, 5.74) is 2.81. The van der Waals surface area contributed by atoms with E-state index in [0.717, 1.165) is 24.6 Å². The van der Waals surface area contributed by atoms with Crippen LogP contribution < -0.4 is 5.32 Å². The van der Waals surface area contributed by atoms with Crippen molar-refractivity contribution >= 4 is 11.0 Å². The van der Waals surface area contributed by atoms with Crippen LogP contribution in [0.2, 0.25) is 0 Å². The molecule has 1 heterocycles. The van der Waals surface area contributed by atoms with Crippen LogP contribution in [0.25, 0.3) is 11.0 Å². The van der Waals surface area contributed by atoms with E-state index in [1.54, 1.807) is 0 Å². The normalized spacial score (nSPS) is 17.9. The summed E-state index contributed by atoms with van der Waals surface area (Å²) >= 11 is 0. The molecule has 0 aliphatic heterocycles. The number of nitrogens with one attached hydrogen (secondary N) is 1. The third-order valence-electron chi connectivity index (χ3n) is 4.88. The quantitative estimate of drug-likeness (QED) is 0.796. The fourth-order valence-electron chi connectivity index (χ4n) is 4.08. The maximum Gasteiger partial charge on any atom is 0.134 e. The molecule has 1 N–H and O–H groups in total. The first-order valence-electron chi connectivity index (χ1n) is 8.34. The molecule has 1 aromatic heterocycles. The lowest BCUT2D eigenvalue weighted by molar-refractivity contribution is 0.223. The highest BCUT2D eigenvalue weighted by Crippen LogP contribution is 2.42. The van der Waals surface area contributed by atoms with Gasteiger partial charge in [-0.3, -0.25) is 0 Å². The zero-order chi connectivity index (χ0) is 14.7. The highest BCUT2D eigenvalue weighted by molar-refractivity contribution is 5.80. The third-order valence-corrected chi connectivity index (χ3v) is 4.88. The monoisotopic (exact) mass is 285 g/mol. The van der Waals surface area contributed by atoms with Crippen LogP contribution >= 0.6 is 0 Å². The van der Waals surface area contributed by atoms with Gasteiger partial charge in [0.1, 0.15) is 5.58 Å². The molecule has 2 nitrogen and oxygen atoms in total. The molecule has 0 saturated heterocycles. The van der Waals surface area contributed by atoms with Crippen LogP contribution in [0.15, 0.2) is 34.9 Å². The summed E-state index contributed by atoms with van der Waals surface area (Å²) < 4.78 is 5.62. The largest absolute Gasteiger partial charge is 0.464 e. The van der Waals surface area contributed by atoms with Crippen molar-refractivity contribution < 1.29 is 4.42 Å². The molecule has 3 rings (SSSR count). The van der Waals surface area contributed by atoms with Gasteiger partial charge in [-0.25, -0.2) is 0 Å². The molecule has 1 aromatic carbocycles. The van der Waals surface area contributed by atoms with Gasteiger partial charge in [-0.2, -0.15) is 0 Å². The highest BCUT2D eigenvalue weighted by Gasteiger charge is 2.33. The van der Waals surface area contributed by atoms with Gasteiger partial charge in [0.05, 0.1) is 6.26 Å². The average molecular weight is 285 g/mol. The lowest BCUT2D eigenvalue weighted by atomic mass is 9.78. The van der Waals surface area contributed by atoms with Gasteiger partial charge in [0.15, 0.2) is 0 Å². The van der Waals surface area contributed by atoms with Crippen molar-refractivity contribution in [2.75, 3.05) is 6.54 Å². The van der Waals surface area contributed by atoms with Crippen LogP contribution in [0.3, 0.4) is 0 Å². The van der Waals surface area contributed by atoms with Crippen molar-refractivity contribution in [1.29, 1.82) is 0 Å². The molecule has 114 valence electrons. The maximum absolute atomic E-state index is 5.62. The van der Waals surface area contributed by atoms with Crippen molar-refractivity contribution in [3.8, 4) is 0 Å². The molecule has 21 heavy (non-hydrogen) atoms. The Balaban J connectivity index is 1.62. The first-order chi connectivity index (χ1) is 10.2. The summed E-state index contributed by atoms with van der Waals surface area (Å²) in [5, 5.41) is 4.95. The van der Waals surface area contributed by atoms with Crippen LogP contribution in [-0.4, -0.2) is 6.54 Å². The Bertz CT molecular complexity index is 578. The zero-order valence-corrected chi connectivity index (χ0v) is 13.3.